The van der Waals surface area contributed by atoms with Gasteiger partial charge in [0.05, 0.1) is 5.69 Å². The van der Waals surface area contributed by atoms with Crippen molar-refractivity contribution in [3.05, 3.63) is 23.8 Å². The van der Waals surface area contributed by atoms with Gasteiger partial charge in [0.25, 0.3) is 5.91 Å². The molecule has 1 aromatic rings. The van der Waals surface area contributed by atoms with Crippen LogP contribution in [0.2, 0.25) is 0 Å². The Morgan fingerprint density at radius 1 is 1.33 bits per heavy atom. The number of benzene rings is 1. The molecule has 1 N–H and O–H groups in total. The molecule has 2 aliphatic rings. The number of hydrogen-bond acceptors (Lipinski definition) is 3. The van der Waals surface area contributed by atoms with Crippen molar-refractivity contribution in [3.63, 3.8) is 0 Å². The number of aryl methyl sites for hydroxylation is 1. The van der Waals surface area contributed by atoms with Gasteiger partial charge in [-0.2, -0.15) is 0 Å². The molecule has 0 saturated heterocycles. The van der Waals surface area contributed by atoms with E-state index >= 15 is 0 Å². The number of carbonyl (C=O) groups is 2. The molecule has 0 atom stereocenters. The zero-order chi connectivity index (χ0) is 17.3. The molecule has 0 bridgehead atoms. The molecule has 24 heavy (non-hydrogen) atoms. The number of fused-ring (bicyclic) bond motifs is 1. The Hall–Kier alpha value is -2.04. The van der Waals surface area contributed by atoms with Crippen LogP contribution in [0.1, 0.15) is 51.5 Å². The first-order chi connectivity index (χ1) is 11.4. The lowest BCUT2D eigenvalue weighted by atomic mass is 10.0. The smallest absolute Gasteiger partial charge is 0.270 e. The summed E-state index contributed by atoms with van der Waals surface area (Å²) in [5.74, 6) is 0.615. The van der Waals surface area contributed by atoms with Gasteiger partial charge in [-0.1, -0.05) is 18.9 Å². The van der Waals surface area contributed by atoms with Crippen LogP contribution in [0, 0.1) is 6.92 Å². The molecular formula is C19H26N2O3. The third kappa shape index (κ3) is 3.40. The maximum atomic E-state index is 12.7. The van der Waals surface area contributed by atoms with Crippen molar-refractivity contribution in [1.82, 2.24) is 5.32 Å². The van der Waals surface area contributed by atoms with Crippen LogP contribution in [-0.2, 0) is 9.59 Å². The molecule has 1 aliphatic carbocycles. The highest BCUT2D eigenvalue weighted by atomic mass is 16.5. The molecule has 1 aliphatic heterocycles. The summed E-state index contributed by atoms with van der Waals surface area (Å²) < 4.78 is 5.84. The summed E-state index contributed by atoms with van der Waals surface area (Å²) in [6.45, 7) is 5.89. The minimum atomic E-state index is -0.913. The number of hydrogen-bond donors (Lipinski definition) is 1. The number of carbonyl (C=O) groups excluding carboxylic acids is 2. The molecule has 1 fully saturated rings. The van der Waals surface area contributed by atoms with Crippen molar-refractivity contribution in [2.24, 2.45) is 0 Å². The van der Waals surface area contributed by atoms with E-state index in [0.717, 1.165) is 24.1 Å². The number of amides is 2. The van der Waals surface area contributed by atoms with Crippen molar-refractivity contribution in [2.45, 2.75) is 64.5 Å². The molecule has 3 rings (SSSR count). The third-order valence-electron chi connectivity index (χ3n) is 4.81. The molecule has 0 aromatic heterocycles. The summed E-state index contributed by atoms with van der Waals surface area (Å²) in [7, 11) is 0. The summed E-state index contributed by atoms with van der Waals surface area (Å²) in [5.41, 5.74) is 0.905. The van der Waals surface area contributed by atoms with Crippen LogP contribution in [0.4, 0.5) is 5.69 Å². The largest absolute Gasteiger partial charge is 0.476 e. The summed E-state index contributed by atoms with van der Waals surface area (Å²) in [4.78, 5) is 26.7. The van der Waals surface area contributed by atoms with Crippen molar-refractivity contribution >= 4 is 17.5 Å². The maximum Gasteiger partial charge on any atom is 0.270 e. The highest BCUT2D eigenvalue weighted by molar-refractivity contribution is 6.02. The molecule has 130 valence electrons. The SMILES string of the molecule is Cc1ccc2c(c1)N(CCC(=O)NC1CCCC1)C(=O)C(C)(C)O2. The minimum absolute atomic E-state index is 0.0215. The van der Waals surface area contributed by atoms with Crippen molar-refractivity contribution < 1.29 is 14.3 Å². The van der Waals surface area contributed by atoms with E-state index in [1.165, 1.54) is 12.8 Å². The monoisotopic (exact) mass is 330 g/mol. The zero-order valence-corrected chi connectivity index (χ0v) is 14.7. The van der Waals surface area contributed by atoms with E-state index < -0.39 is 5.60 Å². The lowest BCUT2D eigenvalue weighted by molar-refractivity contribution is -0.132. The average Bonchev–Trinajstić information content (AvgIpc) is 3.01. The van der Waals surface area contributed by atoms with E-state index in [2.05, 4.69) is 5.32 Å². The van der Waals surface area contributed by atoms with E-state index in [1.54, 1.807) is 18.7 Å². The summed E-state index contributed by atoms with van der Waals surface area (Å²) in [5, 5.41) is 3.08. The number of anilines is 1. The number of nitrogens with one attached hydrogen (secondary N) is 1. The Kier molecular flexibility index (Phi) is 4.52. The minimum Gasteiger partial charge on any atom is -0.476 e. The second-order valence-electron chi connectivity index (χ2n) is 7.34. The van der Waals surface area contributed by atoms with Gasteiger partial charge in [0.2, 0.25) is 5.91 Å². The average molecular weight is 330 g/mol. The van der Waals surface area contributed by atoms with Gasteiger partial charge < -0.3 is 15.0 Å². The quantitative estimate of drug-likeness (QED) is 0.923. The predicted molar refractivity (Wildman–Crippen MR) is 93.3 cm³/mol. The second-order valence-corrected chi connectivity index (χ2v) is 7.34. The maximum absolute atomic E-state index is 12.7. The van der Waals surface area contributed by atoms with Crippen molar-refractivity contribution in [3.8, 4) is 5.75 Å². The lowest BCUT2D eigenvalue weighted by Crippen LogP contribution is -2.53. The number of rotatable bonds is 4. The first-order valence-corrected chi connectivity index (χ1v) is 8.78. The second kappa shape index (κ2) is 6.46. The van der Waals surface area contributed by atoms with Crippen LogP contribution in [-0.4, -0.2) is 30.0 Å². The normalized spacial score (nSPS) is 19.8. The molecule has 0 radical (unpaired) electrons. The van der Waals surface area contributed by atoms with Gasteiger partial charge in [-0.05, 0) is 51.3 Å². The Morgan fingerprint density at radius 2 is 2.04 bits per heavy atom. The summed E-state index contributed by atoms with van der Waals surface area (Å²) >= 11 is 0. The molecule has 2 amide bonds. The Bertz CT molecular complexity index is 648. The van der Waals surface area contributed by atoms with Gasteiger partial charge >= 0.3 is 0 Å². The number of nitrogens with zero attached hydrogens (tertiary/aromatic N) is 1. The van der Waals surface area contributed by atoms with Gasteiger partial charge in [0.15, 0.2) is 5.60 Å². The molecule has 1 saturated carbocycles. The van der Waals surface area contributed by atoms with Crippen molar-refractivity contribution in [2.75, 3.05) is 11.4 Å². The topological polar surface area (TPSA) is 58.6 Å². The molecule has 0 spiro atoms. The fourth-order valence-corrected chi connectivity index (χ4v) is 3.48. The Labute approximate surface area is 143 Å². The highest BCUT2D eigenvalue weighted by Gasteiger charge is 2.40. The molecule has 0 unspecified atom stereocenters. The summed E-state index contributed by atoms with van der Waals surface area (Å²) in [6, 6.07) is 6.11. The van der Waals surface area contributed by atoms with Crippen LogP contribution in [0.5, 0.6) is 5.75 Å². The highest BCUT2D eigenvalue weighted by Crippen LogP contribution is 2.38. The van der Waals surface area contributed by atoms with Crippen LogP contribution in [0.25, 0.3) is 0 Å². The van der Waals surface area contributed by atoms with Gasteiger partial charge in [0, 0.05) is 19.0 Å². The van der Waals surface area contributed by atoms with Gasteiger partial charge in [-0.3, -0.25) is 9.59 Å². The van der Waals surface area contributed by atoms with Crippen LogP contribution >= 0.6 is 0 Å². The van der Waals surface area contributed by atoms with E-state index in [1.807, 2.05) is 25.1 Å². The van der Waals surface area contributed by atoms with E-state index in [0.29, 0.717) is 24.8 Å². The molecule has 1 aromatic carbocycles. The van der Waals surface area contributed by atoms with Crippen LogP contribution in [0.15, 0.2) is 18.2 Å². The predicted octanol–water partition coefficient (Wildman–Crippen LogP) is 2.95. The molecule has 1 heterocycles. The molecule has 5 nitrogen and oxygen atoms in total. The molecular weight excluding hydrogens is 304 g/mol. The lowest BCUT2D eigenvalue weighted by Gasteiger charge is -2.39. The fourth-order valence-electron chi connectivity index (χ4n) is 3.48. The summed E-state index contributed by atoms with van der Waals surface area (Å²) in [6.07, 6.45) is 4.82. The van der Waals surface area contributed by atoms with Crippen molar-refractivity contribution in [1.29, 1.82) is 0 Å². The van der Waals surface area contributed by atoms with E-state index in [9.17, 15) is 9.59 Å². The number of ether oxygens (including phenoxy) is 1. The standard InChI is InChI=1S/C19H26N2O3/c1-13-8-9-16-15(12-13)21(18(23)19(2,3)24-16)11-10-17(22)20-14-6-4-5-7-14/h8-9,12,14H,4-7,10-11H2,1-3H3,(H,20,22). The van der Waals surface area contributed by atoms with E-state index in [4.69, 9.17) is 4.74 Å². The Balaban J connectivity index is 1.72. The molecule has 5 heteroatoms. The fraction of sp³-hybridized carbons (Fsp3) is 0.579. The third-order valence-corrected chi connectivity index (χ3v) is 4.81. The first kappa shape index (κ1) is 16.8. The first-order valence-electron chi connectivity index (χ1n) is 8.78. The Morgan fingerprint density at radius 3 is 2.75 bits per heavy atom. The van der Waals surface area contributed by atoms with Crippen LogP contribution in [0.3, 0.4) is 0 Å². The van der Waals surface area contributed by atoms with E-state index in [-0.39, 0.29) is 11.8 Å². The van der Waals surface area contributed by atoms with Gasteiger partial charge in [-0.25, -0.2) is 0 Å². The zero-order valence-electron chi connectivity index (χ0n) is 14.7. The van der Waals surface area contributed by atoms with Crippen LogP contribution < -0.4 is 15.0 Å². The van der Waals surface area contributed by atoms with Gasteiger partial charge in [0.1, 0.15) is 5.75 Å². The van der Waals surface area contributed by atoms with Gasteiger partial charge in [-0.15, -0.1) is 0 Å².